The molecule has 0 unspecified atom stereocenters. The molecule has 1 aromatic carbocycles. The molecular formula is C19H20N4O. The summed E-state index contributed by atoms with van der Waals surface area (Å²) in [5.41, 5.74) is 5.37. The molecule has 24 heavy (non-hydrogen) atoms. The molecule has 1 fully saturated rings. The van der Waals surface area contributed by atoms with Crippen LogP contribution in [-0.4, -0.2) is 39.8 Å². The summed E-state index contributed by atoms with van der Waals surface area (Å²) in [5, 5.41) is 2.88. The first-order valence-electron chi connectivity index (χ1n) is 8.23. The molecule has 1 saturated heterocycles. The fourth-order valence-electron chi connectivity index (χ4n) is 3.22. The SMILES string of the molecule is Cc1ccc2nc(-c3ccccc3)c(CN3CCNC(=O)C3)n2c1. The Morgan fingerprint density at radius 2 is 2.00 bits per heavy atom. The van der Waals surface area contributed by atoms with Gasteiger partial charge in [0.2, 0.25) is 5.91 Å². The number of aromatic nitrogens is 2. The van der Waals surface area contributed by atoms with Gasteiger partial charge in [-0.3, -0.25) is 9.69 Å². The van der Waals surface area contributed by atoms with E-state index in [0.29, 0.717) is 19.6 Å². The van der Waals surface area contributed by atoms with Gasteiger partial charge < -0.3 is 9.72 Å². The van der Waals surface area contributed by atoms with Crippen LogP contribution in [0.3, 0.4) is 0 Å². The van der Waals surface area contributed by atoms with E-state index >= 15 is 0 Å². The molecule has 1 aliphatic rings. The third kappa shape index (κ3) is 2.78. The van der Waals surface area contributed by atoms with Crippen LogP contribution in [0.4, 0.5) is 0 Å². The summed E-state index contributed by atoms with van der Waals surface area (Å²) in [7, 11) is 0. The van der Waals surface area contributed by atoms with Crippen molar-refractivity contribution in [2.45, 2.75) is 13.5 Å². The number of carbonyl (C=O) groups excluding carboxylic acids is 1. The van der Waals surface area contributed by atoms with E-state index in [1.807, 2.05) is 24.3 Å². The van der Waals surface area contributed by atoms with Gasteiger partial charge in [0.1, 0.15) is 5.65 Å². The standard InChI is InChI=1S/C19H20N4O/c1-14-7-8-17-21-19(15-5-3-2-4-6-15)16(23(17)11-14)12-22-10-9-20-18(24)13-22/h2-8,11H,9-10,12-13H2,1H3,(H,20,24). The second-order valence-electron chi connectivity index (χ2n) is 6.27. The number of aryl methyl sites for hydroxylation is 1. The van der Waals surface area contributed by atoms with Gasteiger partial charge in [-0.25, -0.2) is 4.98 Å². The first-order valence-corrected chi connectivity index (χ1v) is 8.23. The van der Waals surface area contributed by atoms with Crippen molar-refractivity contribution in [3.05, 3.63) is 59.9 Å². The van der Waals surface area contributed by atoms with Gasteiger partial charge in [-0.05, 0) is 18.6 Å². The Kier molecular flexibility index (Phi) is 3.78. The van der Waals surface area contributed by atoms with Gasteiger partial charge in [-0.2, -0.15) is 0 Å². The third-order valence-electron chi connectivity index (χ3n) is 4.40. The van der Waals surface area contributed by atoms with Gasteiger partial charge in [0.05, 0.1) is 17.9 Å². The predicted molar refractivity (Wildman–Crippen MR) is 93.7 cm³/mol. The summed E-state index contributed by atoms with van der Waals surface area (Å²) in [4.78, 5) is 18.7. The molecule has 4 rings (SSSR count). The van der Waals surface area contributed by atoms with Crippen molar-refractivity contribution in [1.82, 2.24) is 19.6 Å². The quantitative estimate of drug-likeness (QED) is 0.805. The summed E-state index contributed by atoms with van der Waals surface area (Å²) < 4.78 is 2.16. The van der Waals surface area contributed by atoms with Crippen LogP contribution in [0.2, 0.25) is 0 Å². The third-order valence-corrected chi connectivity index (χ3v) is 4.40. The summed E-state index contributed by atoms with van der Waals surface area (Å²) in [6, 6.07) is 14.4. The van der Waals surface area contributed by atoms with Crippen LogP contribution in [-0.2, 0) is 11.3 Å². The lowest BCUT2D eigenvalue weighted by Crippen LogP contribution is -2.47. The highest BCUT2D eigenvalue weighted by molar-refractivity contribution is 5.78. The Hall–Kier alpha value is -2.66. The Bertz CT molecular complexity index is 885. The number of benzene rings is 1. The first-order chi connectivity index (χ1) is 11.7. The van der Waals surface area contributed by atoms with E-state index in [4.69, 9.17) is 4.98 Å². The van der Waals surface area contributed by atoms with E-state index in [1.54, 1.807) is 0 Å². The molecule has 1 N–H and O–H groups in total. The molecule has 3 heterocycles. The largest absolute Gasteiger partial charge is 0.354 e. The van der Waals surface area contributed by atoms with Crippen molar-refractivity contribution >= 4 is 11.6 Å². The van der Waals surface area contributed by atoms with E-state index < -0.39 is 0 Å². The van der Waals surface area contributed by atoms with Crippen LogP contribution in [0.1, 0.15) is 11.3 Å². The van der Waals surface area contributed by atoms with E-state index in [9.17, 15) is 4.79 Å². The number of pyridine rings is 1. The van der Waals surface area contributed by atoms with Crippen LogP contribution in [0.15, 0.2) is 48.7 Å². The summed E-state index contributed by atoms with van der Waals surface area (Å²) in [5.74, 6) is 0.0903. The monoisotopic (exact) mass is 320 g/mol. The molecule has 2 aromatic heterocycles. The molecule has 0 aliphatic carbocycles. The fraction of sp³-hybridized carbons (Fsp3) is 0.263. The van der Waals surface area contributed by atoms with Crippen LogP contribution < -0.4 is 5.32 Å². The van der Waals surface area contributed by atoms with Crippen molar-refractivity contribution in [3.8, 4) is 11.3 Å². The fourth-order valence-corrected chi connectivity index (χ4v) is 3.22. The number of amides is 1. The first kappa shape index (κ1) is 14.9. The van der Waals surface area contributed by atoms with E-state index in [-0.39, 0.29) is 5.91 Å². The number of nitrogens with zero attached hydrogens (tertiary/aromatic N) is 3. The molecule has 0 radical (unpaired) electrons. The van der Waals surface area contributed by atoms with Crippen LogP contribution in [0.5, 0.6) is 0 Å². The number of hydrogen-bond acceptors (Lipinski definition) is 3. The molecule has 3 aromatic rings. The number of nitrogens with one attached hydrogen (secondary N) is 1. The normalized spacial score (nSPS) is 15.6. The molecular weight excluding hydrogens is 300 g/mol. The number of hydrogen-bond donors (Lipinski definition) is 1. The number of rotatable bonds is 3. The maximum Gasteiger partial charge on any atom is 0.234 e. The maximum absolute atomic E-state index is 11.7. The summed E-state index contributed by atoms with van der Waals surface area (Å²) in [6.45, 7) is 4.80. The van der Waals surface area contributed by atoms with Crippen LogP contribution >= 0.6 is 0 Å². The zero-order chi connectivity index (χ0) is 16.5. The number of fused-ring (bicyclic) bond motifs is 1. The minimum absolute atomic E-state index is 0.0903. The summed E-state index contributed by atoms with van der Waals surface area (Å²) >= 11 is 0. The van der Waals surface area contributed by atoms with Gasteiger partial charge in [0, 0.05) is 31.4 Å². The predicted octanol–water partition coefficient (Wildman–Crippen LogP) is 2.24. The van der Waals surface area contributed by atoms with Crippen molar-refractivity contribution in [2.24, 2.45) is 0 Å². The van der Waals surface area contributed by atoms with Gasteiger partial charge in [0.25, 0.3) is 0 Å². The lowest BCUT2D eigenvalue weighted by Gasteiger charge is -2.26. The van der Waals surface area contributed by atoms with Gasteiger partial charge in [-0.15, -0.1) is 0 Å². The van der Waals surface area contributed by atoms with E-state index in [2.05, 4.69) is 45.9 Å². The number of carbonyl (C=O) groups is 1. The maximum atomic E-state index is 11.7. The van der Waals surface area contributed by atoms with Gasteiger partial charge in [0.15, 0.2) is 0 Å². The van der Waals surface area contributed by atoms with Gasteiger partial charge >= 0.3 is 0 Å². The average molecular weight is 320 g/mol. The van der Waals surface area contributed by atoms with Crippen LogP contribution in [0.25, 0.3) is 16.9 Å². The zero-order valence-electron chi connectivity index (χ0n) is 13.7. The molecule has 0 atom stereocenters. The molecule has 1 amide bonds. The smallest absolute Gasteiger partial charge is 0.234 e. The average Bonchev–Trinajstić information content (AvgIpc) is 2.94. The minimum atomic E-state index is 0.0903. The molecule has 1 aliphatic heterocycles. The molecule has 5 heteroatoms. The van der Waals surface area contributed by atoms with Crippen molar-refractivity contribution in [1.29, 1.82) is 0 Å². The second-order valence-corrected chi connectivity index (χ2v) is 6.27. The highest BCUT2D eigenvalue weighted by atomic mass is 16.2. The molecule has 0 bridgehead atoms. The minimum Gasteiger partial charge on any atom is -0.354 e. The lowest BCUT2D eigenvalue weighted by molar-refractivity contribution is -0.124. The topological polar surface area (TPSA) is 49.6 Å². The summed E-state index contributed by atoms with van der Waals surface area (Å²) in [6.07, 6.45) is 2.12. The Morgan fingerprint density at radius 3 is 2.79 bits per heavy atom. The second kappa shape index (κ2) is 6.09. The van der Waals surface area contributed by atoms with E-state index in [1.165, 1.54) is 5.56 Å². The highest BCUT2D eigenvalue weighted by Crippen LogP contribution is 2.26. The van der Waals surface area contributed by atoms with Crippen molar-refractivity contribution < 1.29 is 4.79 Å². The zero-order valence-corrected chi connectivity index (χ0v) is 13.7. The Morgan fingerprint density at radius 1 is 1.17 bits per heavy atom. The van der Waals surface area contributed by atoms with Crippen molar-refractivity contribution in [3.63, 3.8) is 0 Å². The van der Waals surface area contributed by atoms with Crippen molar-refractivity contribution in [2.75, 3.05) is 19.6 Å². The Labute approximate surface area is 140 Å². The molecule has 0 saturated carbocycles. The lowest BCUT2D eigenvalue weighted by atomic mass is 10.1. The Balaban J connectivity index is 1.81. The highest BCUT2D eigenvalue weighted by Gasteiger charge is 2.21. The van der Waals surface area contributed by atoms with Crippen LogP contribution in [0, 0.1) is 6.92 Å². The van der Waals surface area contributed by atoms with Gasteiger partial charge in [-0.1, -0.05) is 36.4 Å². The number of piperazine rings is 1. The number of imidazole rings is 1. The molecule has 122 valence electrons. The molecule has 5 nitrogen and oxygen atoms in total. The molecule has 0 spiro atoms. The van der Waals surface area contributed by atoms with E-state index in [0.717, 1.165) is 29.1 Å².